The van der Waals surface area contributed by atoms with E-state index in [-0.39, 0.29) is 6.61 Å². The summed E-state index contributed by atoms with van der Waals surface area (Å²) in [4.78, 5) is 0. The first-order chi connectivity index (χ1) is 7.31. The van der Waals surface area contributed by atoms with Crippen molar-refractivity contribution in [1.82, 2.24) is 0 Å². The monoisotopic (exact) mass is 206 g/mol. The zero-order valence-corrected chi connectivity index (χ0v) is 9.36. The van der Waals surface area contributed by atoms with Gasteiger partial charge < -0.3 is 9.84 Å². The number of hydrogen-bond acceptors (Lipinski definition) is 2. The number of methoxy groups -OCH3 is 1. The fourth-order valence-corrected chi connectivity index (χ4v) is 1.53. The average Bonchev–Trinajstić information content (AvgIpc) is 2.31. The molecule has 0 radical (unpaired) electrons. The van der Waals surface area contributed by atoms with Crippen LogP contribution in [-0.4, -0.2) is 18.8 Å². The van der Waals surface area contributed by atoms with Gasteiger partial charge in [-0.3, -0.25) is 0 Å². The maximum absolute atomic E-state index is 8.79. The summed E-state index contributed by atoms with van der Waals surface area (Å²) >= 11 is 0. The number of allylic oxidation sites excluding steroid dienone is 2. The van der Waals surface area contributed by atoms with Gasteiger partial charge >= 0.3 is 0 Å². The van der Waals surface area contributed by atoms with E-state index in [1.807, 2.05) is 31.2 Å². The molecule has 1 aromatic rings. The van der Waals surface area contributed by atoms with E-state index in [1.54, 1.807) is 7.11 Å². The number of benzene rings is 1. The molecule has 0 heterocycles. The van der Waals surface area contributed by atoms with Crippen LogP contribution in [0, 0.1) is 0 Å². The summed E-state index contributed by atoms with van der Waals surface area (Å²) in [7, 11) is 1.66. The van der Waals surface area contributed by atoms with E-state index >= 15 is 0 Å². The Labute approximate surface area is 91.2 Å². The summed E-state index contributed by atoms with van der Waals surface area (Å²) in [6, 6.07) is 8.01. The van der Waals surface area contributed by atoms with Crippen LogP contribution in [0.5, 0.6) is 5.75 Å². The molecule has 0 unspecified atom stereocenters. The Bertz CT molecular complexity index is 312. The van der Waals surface area contributed by atoms with E-state index in [4.69, 9.17) is 9.84 Å². The lowest BCUT2D eigenvalue weighted by Crippen LogP contribution is -1.89. The van der Waals surface area contributed by atoms with Crippen molar-refractivity contribution < 1.29 is 9.84 Å². The van der Waals surface area contributed by atoms with Crippen LogP contribution in [0.1, 0.15) is 25.3 Å². The van der Waals surface area contributed by atoms with Crippen molar-refractivity contribution in [2.45, 2.75) is 19.8 Å². The van der Waals surface area contributed by atoms with Gasteiger partial charge in [-0.15, -0.1) is 0 Å². The Balaban J connectivity index is 2.75. The molecule has 0 aliphatic heterocycles. The van der Waals surface area contributed by atoms with Crippen molar-refractivity contribution in [3.8, 4) is 5.75 Å². The van der Waals surface area contributed by atoms with Crippen LogP contribution in [0.15, 0.2) is 30.3 Å². The zero-order chi connectivity index (χ0) is 11.1. The van der Waals surface area contributed by atoms with Crippen molar-refractivity contribution in [1.29, 1.82) is 0 Å². The Morgan fingerprint density at radius 3 is 2.47 bits per heavy atom. The Morgan fingerprint density at radius 2 is 2.00 bits per heavy atom. The lowest BCUT2D eigenvalue weighted by atomic mass is 10.0. The summed E-state index contributed by atoms with van der Waals surface area (Å²) in [5.74, 6) is 0.872. The largest absolute Gasteiger partial charge is 0.497 e. The van der Waals surface area contributed by atoms with Crippen molar-refractivity contribution in [3.05, 3.63) is 35.9 Å². The maximum atomic E-state index is 8.79. The molecular formula is C13H18O2. The van der Waals surface area contributed by atoms with E-state index in [2.05, 4.69) is 6.08 Å². The van der Waals surface area contributed by atoms with E-state index in [1.165, 1.54) is 11.1 Å². The van der Waals surface area contributed by atoms with Gasteiger partial charge in [0.25, 0.3) is 0 Å². The number of ether oxygens (including phenoxy) is 1. The predicted octanol–water partition coefficient (Wildman–Crippen LogP) is 2.87. The first-order valence-electron chi connectivity index (χ1n) is 5.22. The molecule has 0 aliphatic rings. The summed E-state index contributed by atoms with van der Waals surface area (Å²) in [5, 5.41) is 8.79. The molecule has 1 N–H and O–H groups in total. The molecule has 0 saturated carbocycles. The van der Waals surface area contributed by atoms with Gasteiger partial charge in [-0.05, 0) is 43.0 Å². The van der Waals surface area contributed by atoms with Crippen molar-refractivity contribution in [2.75, 3.05) is 13.7 Å². The van der Waals surface area contributed by atoms with Gasteiger partial charge in [0.1, 0.15) is 5.75 Å². The van der Waals surface area contributed by atoms with Crippen LogP contribution in [0.3, 0.4) is 0 Å². The van der Waals surface area contributed by atoms with Crippen molar-refractivity contribution >= 4 is 5.57 Å². The van der Waals surface area contributed by atoms with E-state index in [0.29, 0.717) is 0 Å². The van der Waals surface area contributed by atoms with Crippen LogP contribution in [0.4, 0.5) is 0 Å². The minimum absolute atomic E-state index is 0.244. The fourth-order valence-electron chi connectivity index (χ4n) is 1.53. The molecule has 2 heteroatoms. The van der Waals surface area contributed by atoms with Gasteiger partial charge in [0.15, 0.2) is 0 Å². The highest BCUT2D eigenvalue weighted by Crippen LogP contribution is 2.22. The number of rotatable bonds is 5. The second kappa shape index (κ2) is 6.25. The van der Waals surface area contributed by atoms with E-state index < -0.39 is 0 Å². The molecule has 0 bridgehead atoms. The van der Waals surface area contributed by atoms with Gasteiger partial charge in [0.05, 0.1) is 7.11 Å². The topological polar surface area (TPSA) is 29.5 Å². The average molecular weight is 206 g/mol. The van der Waals surface area contributed by atoms with E-state index in [9.17, 15) is 0 Å². The van der Waals surface area contributed by atoms with Crippen LogP contribution >= 0.6 is 0 Å². The highest BCUT2D eigenvalue weighted by atomic mass is 16.5. The highest BCUT2D eigenvalue weighted by Gasteiger charge is 2.00. The smallest absolute Gasteiger partial charge is 0.118 e. The minimum Gasteiger partial charge on any atom is -0.497 e. The quantitative estimate of drug-likeness (QED) is 0.802. The lowest BCUT2D eigenvalue weighted by molar-refractivity contribution is 0.290. The third-order valence-corrected chi connectivity index (χ3v) is 2.41. The summed E-state index contributed by atoms with van der Waals surface area (Å²) in [6.07, 6.45) is 3.82. The third kappa shape index (κ3) is 3.40. The van der Waals surface area contributed by atoms with E-state index in [0.717, 1.165) is 18.6 Å². The highest BCUT2D eigenvalue weighted by molar-refractivity contribution is 5.65. The number of aliphatic hydroxyl groups is 1. The number of hydrogen-bond donors (Lipinski definition) is 1. The van der Waals surface area contributed by atoms with Crippen LogP contribution in [0.2, 0.25) is 0 Å². The molecule has 82 valence electrons. The molecule has 0 spiro atoms. The lowest BCUT2D eigenvalue weighted by Gasteiger charge is -2.07. The van der Waals surface area contributed by atoms with Gasteiger partial charge in [-0.25, -0.2) is 0 Å². The first kappa shape index (κ1) is 11.8. The van der Waals surface area contributed by atoms with Gasteiger partial charge in [-0.2, -0.15) is 0 Å². The second-order valence-corrected chi connectivity index (χ2v) is 3.37. The van der Waals surface area contributed by atoms with Crippen LogP contribution in [-0.2, 0) is 0 Å². The predicted molar refractivity (Wildman–Crippen MR) is 63.0 cm³/mol. The molecule has 15 heavy (non-hydrogen) atoms. The first-order valence-corrected chi connectivity index (χ1v) is 5.22. The van der Waals surface area contributed by atoms with Gasteiger partial charge in [-0.1, -0.05) is 18.2 Å². The Morgan fingerprint density at radius 1 is 1.33 bits per heavy atom. The molecule has 0 saturated heterocycles. The zero-order valence-electron chi connectivity index (χ0n) is 9.36. The molecule has 1 aromatic carbocycles. The second-order valence-electron chi connectivity index (χ2n) is 3.37. The fraction of sp³-hybridized carbons (Fsp3) is 0.385. The molecule has 0 aliphatic carbocycles. The number of aliphatic hydroxyl groups excluding tert-OH is 1. The maximum Gasteiger partial charge on any atom is 0.118 e. The third-order valence-electron chi connectivity index (χ3n) is 2.41. The molecule has 0 aromatic heterocycles. The summed E-state index contributed by atoms with van der Waals surface area (Å²) < 4.78 is 5.10. The molecule has 0 amide bonds. The van der Waals surface area contributed by atoms with Crippen LogP contribution < -0.4 is 4.74 Å². The molecular weight excluding hydrogens is 188 g/mol. The molecule has 0 atom stereocenters. The standard InChI is InChI=1S/C13H18O2/c1-3-11(5-4-10-14)12-6-8-13(15-2)9-7-12/h3,6-9,14H,4-5,10H2,1-2H3/b11-3-. The Kier molecular flexibility index (Phi) is 4.91. The molecule has 2 nitrogen and oxygen atoms in total. The molecule has 1 rings (SSSR count). The molecule has 0 fully saturated rings. The van der Waals surface area contributed by atoms with Crippen molar-refractivity contribution in [2.24, 2.45) is 0 Å². The van der Waals surface area contributed by atoms with Crippen molar-refractivity contribution in [3.63, 3.8) is 0 Å². The van der Waals surface area contributed by atoms with Gasteiger partial charge in [0.2, 0.25) is 0 Å². The SMILES string of the molecule is C/C=C(/CCCO)c1ccc(OC)cc1. The summed E-state index contributed by atoms with van der Waals surface area (Å²) in [6.45, 7) is 2.27. The minimum atomic E-state index is 0.244. The Hall–Kier alpha value is -1.28. The van der Waals surface area contributed by atoms with Crippen LogP contribution in [0.25, 0.3) is 5.57 Å². The summed E-state index contributed by atoms with van der Waals surface area (Å²) in [5.41, 5.74) is 2.47. The normalized spacial score (nSPS) is 11.5. The van der Waals surface area contributed by atoms with Gasteiger partial charge in [0, 0.05) is 6.61 Å².